The second-order valence-corrected chi connectivity index (χ2v) is 6.86. The molecule has 0 radical (unpaired) electrons. The number of anilines is 2. The number of benzene rings is 3. The number of halogens is 4. The second kappa shape index (κ2) is 8.16. The summed E-state index contributed by atoms with van der Waals surface area (Å²) in [7, 11) is 0. The van der Waals surface area contributed by atoms with Crippen LogP contribution in [-0.2, 0) is 6.18 Å². The van der Waals surface area contributed by atoms with Gasteiger partial charge in [0.05, 0.1) is 15.5 Å². The van der Waals surface area contributed by atoms with Crippen LogP contribution in [0.5, 0.6) is 0 Å². The smallest absolute Gasteiger partial charge is 0.350 e. The first-order valence-corrected chi connectivity index (χ1v) is 8.98. The minimum absolute atomic E-state index is 0.0998. The average molecular weight is 435 g/mol. The monoisotopic (exact) mass is 434 g/mol. The van der Waals surface area contributed by atoms with Crippen molar-refractivity contribution in [1.82, 2.24) is 0 Å². The van der Waals surface area contributed by atoms with E-state index in [2.05, 4.69) is 5.32 Å². The van der Waals surface area contributed by atoms with Crippen LogP contribution in [0.25, 0.3) is 0 Å². The van der Waals surface area contributed by atoms with Crippen molar-refractivity contribution >= 4 is 34.4 Å². The van der Waals surface area contributed by atoms with E-state index in [1.807, 2.05) is 0 Å². The van der Waals surface area contributed by atoms with E-state index in [-0.39, 0.29) is 27.7 Å². The molecule has 0 aliphatic carbocycles. The number of alkyl halides is 3. The van der Waals surface area contributed by atoms with Crippen molar-refractivity contribution in [2.75, 3.05) is 5.32 Å². The number of nitro groups is 1. The zero-order valence-corrected chi connectivity index (χ0v) is 16.2. The summed E-state index contributed by atoms with van der Waals surface area (Å²) < 4.78 is 38.5. The van der Waals surface area contributed by atoms with E-state index in [0.29, 0.717) is 11.6 Å². The maximum absolute atomic E-state index is 12.8. The fourth-order valence-corrected chi connectivity index (χ4v) is 3.14. The Bertz CT molecular complexity index is 1150. The van der Waals surface area contributed by atoms with Crippen LogP contribution in [0.1, 0.15) is 27.0 Å². The number of nitro benzene ring substituents is 1. The predicted molar refractivity (Wildman–Crippen MR) is 107 cm³/mol. The van der Waals surface area contributed by atoms with E-state index in [4.69, 9.17) is 11.6 Å². The van der Waals surface area contributed by atoms with Crippen LogP contribution in [0.4, 0.5) is 30.2 Å². The molecule has 0 aliphatic rings. The van der Waals surface area contributed by atoms with E-state index in [1.165, 1.54) is 18.2 Å². The summed E-state index contributed by atoms with van der Waals surface area (Å²) in [6.07, 6.45) is -4.70. The summed E-state index contributed by atoms with van der Waals surface area (Å²) in [4.78, 5) is 23.0. The maximum atomic E-state index is 12.8. The first-order chi connectivity index (χ1) is 14.1. The highest BCUT2D eigenvalue weighted by Gasteiger charge is 2.33. The van der Waals surface area contributed by atoms with E-state index in [1.54, 1.807) is 31.2 Å². The molecule has 1 N–H and O–H groups in total. The summed E-state index contributed by atoms with van der Waals surface area (Å²) in [6, 6.07) is 13.5. The molecule has 3 aromatic carbocycles. The Labute approximate surface area is 174 Å². The van der Waals surface area contributed by atoms with Gasteiger partial charge in [-0.2, -0.15) is 13.2 Å². The molecule has 0 unspecified atom stereocenters. The van der Waals surface area contributed by atoms with Gasteiger partial charge in [-0.3, -0.25) is 14.9 Å². The van der Waals surface area contributed by atoms with Crippen LogP contribution in [0.15, 0.2) is 60.7 Å². The lowest BCUT2D eigenvalue weighted by molar-refractivity contribution is -0.384. The van der Waals surface area contributed by atoms with Crippen LogP contribution >= 0.6 is 11.6 Å². The summed E-state index contributed by atoms with van der Waals surface area (Å²) in [5.74, 6) is -0.287. The van der Waals surface area contributed by atoms with Gasteiger partial charge in [0.2, 0.25) is 0 Å². The molecule has 9 heteroatoms. The summed E-state index contributed by atoms with van der Waals surface area (Å²) >= 11 is 6.24. The SMILES string of the molecule is Cc1ccccc1C(=O)c1ccc(Nc2ccc(C(F)(F)F)cc2[N+](=O)[O-])cc1Cl. The standard InChI is InChI=1S/C21H14ClF3N2O3/c1-12-4-2-3-5-15(12)20(28)16-8-7-14(11-17(16)22)26-18-9-6-13(21(23,24)25)10-19(18)27(29)30/h2-11,26H,1H3. The van der Waals surface area contributed by atoms with Crippen LogP contribution in [-0.4, -0.2) is 10.7 Å². The molecule has 30 heavy (non-hydrogen) atoms. The van der Waals surface area contributed by atoms with Gasteiger partial charge < -0.3 is 5.32 Å². The molecule has 0 aliphatic heterocycles. The quantitative estimate of drug-likeness (QED) is 0.281. The molecule has 154 valence electrons. The van der Waals surface area contributed by atoms with Crippen molar-refractivity contribution in [3.05, 3.63) is 98.1 Å². The maximum Gasteiger partial charge on any atom is 0.416 e. The summed E-state index contributed by atoms with van der Waals surface area (Å²) in [5.41, 5.74) is -0.220. The number of hydrogen-bond donors (Lipinski definition) is 1. The number of rotatable bonds is 5. The molecule has 5 nitrogen and oxygen atoms in total. The van der Waals surface area contributed by atoms with Crippen LogP contribution in [0, 0.1) is 17.0 Å². The van der Waals surface area contributed by atoms with Gasteiger partial charge in [-0.15, -0.1) is 0 Å². The minimum atomic E-state index is -4.70. The number of carbonyl (C=O) groups excluding carboxylic acids is 1. The van der Waals surface area contributed by atoms with Gasteiger partial charge in [-0.25, -0.2) is 0 Å². The molecule has 3 aromatic rings. The van der Waals surface area contributed by atoms with Gasteiger partial charge in [-0.05, 0) is 42.8 Å². The molecule has 0 saturated carbocycles. The second-order valence-electron chi connectivity index (χ2n) is 6.45. The molecule has 0 atom stereocenters. The molecular weight excluding hydrogens is 421 g/mol. The Morgan fingerprint density at radius 1 is 1.03 bits per heavy atom. The third kappa shape index (κ3) is 4.44. The summed E-state index contributed by atoms with van der Waals surface area (Å²) in [5, 5.41) is 14.0. The third-order valence-electron chi connectivity index (χ3n) is 4.40. The lowest BCUT2D eigenvalue weighted by Gasteiger charge is -2.12. The fourth-order valence-electron chi connectivity index (χ4n) is 2.87. The predicted octanol–water partition coefficient (Wildman–Crippen LogP) is 6.55. The first kappa shape index (κ1) is 21.3. The number of nitrogens with one attached hydrogen (secondary N) is 1. The van der Waals surface area contributed by atoms with Crippen LogP contribution < -0.4 is 5.32 Å². The largest absolute Gasteiger partial charge is 0.416 e. The zero-order valence-electron chi connectivity index (χ0n) is 15.5. The van der Waals surface area contributed by atoms with E-state index in [9.17, 15) is 28.1 Å². The molecule has 0 amide bonds. The van der Waals surface area contributed by atoms with Crippen molar-refractivity contribution < 1.29 is 22.9 Å². The Kier molecular flexibility index (Phi) is 5.80. The van der Waals surface area contributed by atoms with Gasteiger partial charge in [0.15, 0.2) is 5.78 Å². The number of hydrogen-bond acceptors (Lipinski definition) is 4. The minimum Gasteiger partial charge on any atom is -0.350 e. The first-order valence-electron chi connectivity index (χ1n) is 8.60. The Hall–Kier alpha value is -3.39. The van der Waals surface area contributed by atoms with Gasteiger partial charge in [-0.1, -0.05) is 35.9 Å². The number of carbonyl (C=O) groups is 1. The lowest BCUT2D eigenvalue weighted by Crippen LogP contribution is -2.07. The van der Waals surface area contributed by atoms with E-state index in [0.717, 1.165) is 17.7 Å². The molecule has 0 aromatic heterocycles. The van der Waals surface area contributed by atoms with Gasteiger partial charge in [0.1, 0.15) is 5.69 Å². The molecule has 3 rings (SSSR count). The molecular formula is C21H14ClF3N2O3. The van der Waals surface area contributed by atoms with Crippen molar-refractivity contribution in [1.29, 1.82) is 0 Å². The number of aryl methyl sites for hydroxylation is 1. The topological polar surface area (TPSA) is 72.2 Å². The van der Waals surface area contributed by atoms with Gasteiger partial charge in [0, 0.05) is 22.9 Å². The Morgan fingerprint density at radius 2 is 1.73 bits per heavy atom. The number of nitrogens with zero attached hydrogens (tertiary/aromatic N) is 1. The van der Waals surface area contributed by atoms with E-state index >= 15 is 0 Å². The van der Waals surface area contributed by atoms with Crippen molar-refractivity contribution in [2.45, 2.75) is 13.1 Å². The van der Waals surface area contributed by atoms with Gasteiger partial charge >= 0.3 is 6.18 Å². The van der Waals surface area contributed by atoms with Crippen LogP contribution in [0.2, 0.25) is 5.02 Å². The molecule has 0 saturated heterocycles. The summed E-state index contributed by atoms with van der Waals surface area (Å²) in [6.45, 7) is 1.79. The highest BCUT2D eigenvalue weighted by atomic mass is 35.5. The third-order valence-corrected chi connectivity index (χ3v) is 4.72. The van der Waals surface area contributed by atoms with Crippen molar-refractivity contribution in [3.63, 3.8) is 0 Å². The lowest BCUT2D eigenvalue weighted by atomic mass is 9.99. The Balaban J connectivity index is 1.92. The molecule has 0 spiro atoms. The zero-order chi connectivity index (χ0) is 22.1. The van der Waals surface area contributed by atoms with Crippen LogP contribution in [0.3, 0.4) is 0 Å². The molecule has 0 fully saturated rings. The Morgan fingerprint density at radius 3 is 2.33 bits per heavy atom. The molecule has 0 heterocycles. The van der Waals surface area contributed by atoms with Crippen molar-refractivity contribution in [3.8, 4) is 0 Å². The fraction of sp³-hybridized carbons (Fsp3) is 0.0952. The normalized spacial score (nSPS) is 11.2. The van der Waals surface area contributed by atoms with Crippen molar-refractivity contribution in [2.24, 2.45) is 0 Å². The van der Waals surface area contributed by atoms with Gasteiger partial charge in [0.25, 0.3) is 5.69 Å². The highest BCUT2D eigenvalue weighted by Crippen LogP contribution is 2.36. The average Bonchev–Trinajstić information content (AvgIpc) is 2.67. The highest BCUT2D eigenvalue weighted by molar-refractivity contribution is 6.35. The molecule has 0 bridgehead atoms. The number of ketones is 1. The van der Waals surface area contributed by atoms with E-state index < -0.39 is 22.4 Å².